The summed E-state index contributed by atoms with van der Waals surface area (Å²) in [4.78, 5) is 15.2. The normalized spacial score (nSPS) is 11.0. The molecule has 0 aliphatic carbocycles. The third kappa shape index (κ3) is 3.95. The number of rotatable bonds is 5. The van der Waals surface area contributed by atoms with Crippen LogP contribution in [0, 0.1) is 0 Å². The molecule has 2 aromatic rings. The van der Waals surface area contributed by atoms with Crippen LogP contribution in [0.1, 0.15) is 23.8 Å². The Labute approximate surface area is 132 Å². The van der Waals surface area contributed by atoms with Crippen molar-refractivity contribution in [2.24, 2.45) is 0 Å². The van der Waals surface area contributed by atoms with Gasteiger partial charge in [-0.2, -0.15) is 0 Å². The van der Waals surface area contributed by atoms with Gasteiger partial charge in [-0.05, 0) is 30.7 Å². The first kappa shape index (κ1) is 15.3. The van der Waals surface area contributed by atoms with Crippen LogP contribution in [0.4, 0.5) is 0 Å². The zero-order valence-electron chi connectivity index (χ0n) is 11.9. The smallest absolute Gasteiger partial charge is 0.272 e. The van der Waals surface area contributed by atoms with Gasteiger partial charge in [0.25, 0.3) is 5.91 Å². The minimum atomic E-state index is -0.209. The molecular weight excluding hydrogens is 328 g/mol. The number of hydrogen-bond donors (Lipinski definition) is 2. The maximum absolute atomic E-state index is 12.2. The van der Waals surface area contributed by atoms with Gasteiger partial charge >= 0.3 is 0 Å². The summed E-state index contributed by atoms with van der Waals surface area (Å²) in [5.74, 6) is -0.209. The van der Waals surface area contributed by atoms with Crippen LogP contribution in [0.25, 0.3) is 10.9 Å². The van der Waals surface area contributed by atoms with Gasteiger partial charge in [0.2, 0.25) is 0 Å². The number of carbonyl (C=O) groups excluding carboxylic acids is 1. The quantitative estimate of drug-likeness (QED) is 0.759. The van der Waals surface area contributed by atoms with Gasteiger partial charge in [0.1, 0.15) is 5.69 Å². The second kappa shape index (κ2) is 6.59. The number of amides is 1. The van der Waals surface area contributed by atoms with Crippen LogP contribution >= 0.6 is 15.9 Å². The highest BCUT2D eigenvalue weighted by molar-refractivity contribution is 9.10. The second-order valence-corrected chi connectivity index (χ2v) is 5.65. The predicted octanol–water partition coefficient (Wildman–Crippen LogP) is 4.70. The molecule has 0 bridgehead atoms. The summed E-state index contributed by atoms with van der Waals surface area (Å²) < 4.78 is 0.967. The number of hydrogen-bond acceptors (Lipinski definition) is 1. The standard InChI is InChI=1S/C17H17BrN2O/c1-4-11(2)5-6-12(3)19-17(21)16-9-13-7-8-14(18)10-15(13)20-16/h5-10,20H,2-4H2,1H3,(H,19,21)/b6-5-. The molecule has 4 heteroatoms. The number of carbonyl (C=O) groups is 1. The van der Waals surface area contributed by atoms with E-state index in [4.69, 9.17) is 0 Å². The number of halogens is 1. The summed E-state index contributed by atoms with van der Waals surface area (Å²) in [6, 6.07) is 7.65. The molecule has 0 aliphatic heterocycles. The SMILES string of the molecule is C=C(/C=C\C(=C)NC(=O)c1cc2ccc(Br)cc2[nH]1)CC. The van der Waals surface area contributed by atoms with Crippen molar-refractivity contribution < 1.29 is 4.79 Å². The van der Waals surface area contributed by atoms with E-state index in [0.717, 1.165) is 27.4 Å². The number of fused-ring (bicyclic) bond motifs is 1. The molecule has 0 spiro atoms. The maximum atomic E-state index is 12.2. The van der Waals surface area contributed by atoms with Gasteiger partial charge in [0.05, 0.1) is 0 Å². The summed E-state index contributed by atoms with van der Waals surface area (Å²) in [6.07, 6.45) is 4.47. The fraction of sp³-hybridized carbons (Fsp3) is 0.118. The Hall–Kier alpha value is -2.07. The molecule has 0 radical (unpaired) electrons. The molecule has 1 heterocycles. The molecule has 21 heavy (non-hydrogen) atoms. The van der Waals surface area contributed by atoms with Crippen LogP contribution < -0.4 is 5.32 Å². The molecular formula is C17H17BrN2O. The van der Waals surface area contributed by atoms with E-state index in [9.17, 15) is 4.79 Å². The van der Waals surface area contributed by atoms with Crippen LogP contribution in [0.3, 0.4) is 0 Å². The van der Waals surface area contributed by atoms with Crippen molar-refractivity contribution in [3.8, 4) is 0 Å². The van der Waals surface area contributed by atoms with Gasteiger partial charge in [-0.25, -0.2) is 0 Å². The molecule has 1 aromatic carbocycles. The number of aromatic amines is 1. The molecule has 0 aliphatic rings. The molecule has 0 saturated carbocycles. The van der Waals surface area contributed by atoms with Crippen molar-refractivity contribution in [2.45, 2.75) is 13.3 Å². The first-order valence-electron chi connectivity index (χ1n) is 6.64. The minimum absolute atomic E-state index is 0.209. The number of benzene rings is 1. The van der Waals surface area contributed by atoms with Crippen LogP contribution in [0.5, 0.6) is 0 Å². The third-order valence-electron chi connectivity index (χ3n) is 3.08. The van der Waals surface area contributed by atoms with Crippen LogP contribution in [0.2, 0.25) is 0 Å². The van der Waals surface area contributed by atoms with E-state index in [-0.39, 0.29) is 5.91 Å². The van der Waals surface area contributed by atoms with Crippen LogP contribution in [-0.4, -0.2) is 10.9 Å². The van der Waals surface area contributed by atoms with E-state index in [2.05, 4.69) is 39.4 Å². The molecule has 108 valence electrons. The van der Waals surface area contributed by atoms with Gasteiger partial charge in [0, 0.05) is 21.1 Å². The molecule has 1 amide bonds. The van der Waals surface area contributed by atoms with Gasteiger partial charge in [0.15, 0.2) is 0 Å². The summed E-state index contributed by atoms with van der Waals surface area (Å²) in [6.45, 7) is 9.71. The van der Waals surface area contributed by atoms with E-state index in [1.54, 1.807) is 6.08 Å². The fourth-order valence-electron chi connectivity index (χ4n) is 1.81. The minimum Gasteiger partial charge on any atom is -0.350 e. The van der Waals surface area contributed by atoms with Gasteiger partial charge in [-0.3, -0.25) is 4.79 Å². The molecule has 3 nitrogen and oxygen atoms in total. The average Bonchev–Trinajstić information content (AvgIpc) is 2.87. The predicted molar refractivity (Wildman–Crippen MR) is 91.2 cm³/mol. The monoisotopic (exact) mass is 344 g/mol. The lowest BCUT2D eigenvalue weighted by Gasteiger charge is -2.02. The van der Waals surface area contributed by atoms with E-state index >= 15 is 0 Å². The van der Waals surface area contributed by atoms with Crippen molar-refractivity contribution >= 4 is 32.7 Å². The Bertz CT molecular complexity index is 740. The lowest BCUT2D eigenvalue weighted by Crippen LogP contribution is -2.21. The topological polar surface area (TPSA) is 44.9 Å². The molecule has 0 atom stereocenters. The van der Waals surface area contributed by atoms with Gasteiger partial charge < -0.3 is 10.3 Å². The summed E-state index contributed by atoms with van der Waals surface area (Å²) in [7, 11) is 0. The average molecular weight is 345 g/mol. The largest absolute Gasteiger partial charge is 0.350 e. The van der Waals surface area contributed by atoms with Crippen LogP contribution in [-0.2, 0) is 0 Å². The lowest BCUT2D eigenvalue weighted by atomic mass is 10.2. The Morgan fingerprint density at radius 3 is 2.81 bits per heavy atom. The summed E-state index contributed by atoms with van der Waals surface area (Å²) >= 11 is 3.41. The first-order chi connectivity index (χ1) is 9.99. The van der Waals surface area contributed by atoms with Crippen molar-refractivity contribution in [2.75, 3.05) is 0 Å². The molecule has 0 unspecified atom stereocenters. The van der Waals surface area contributed by atoms with Crippen molar-refractivity contribution in [1.82, 2.24) is 10.3 Å². The summed E-state index contributed by atoms with van der Waals surface area (Å²) in [5, 5.41) is 3.74. The Kier molecular flexibility index (Phi) is 4.81. The highest BCUT2D eigenvalue weighted by atomic mass is 79.9. The van der Waals surface area contributed by atoms with Crippen molar-refractivity contribution in [3.63, 3.8) is 0 Å². The van der Waals surface area contributed by atoms with E-state index in [1.807, 2.05) is 37.3 Å². The van der Waals surface area contributed by atoms with Crippen molar-refractivity contribution in [1.29, 1.82) is 0 Å². The Balaban J connectivity index is 2.10. The number of nitrogens with one attached hydrogen (secondary N) is 2. The van der Waals surface area contributed by atoms with Gasteiger partial charge in [-0.1, -0.05) is 53.7 Å². The molecule has 0 fully saturated rings. The summed E-state index contributed by atoms with van der Waals surface area (Å²) in [5.41, 5.74) is 2.94. The second-order valence-electron chi connectivity index (χ2n) is 4.74. The fourth-order valence-corrected chi connectivity index (χ4v) is 2.17. The highest BCUT2D eigenvalue weighted by Gasteiger charge is 2.09. The number of allylic oxidation sites excluding steroid dienone is 3. The van der Waals surface area contributed by atoms with E-state index in [0.29, 0.717) is 11.4 Å². The van der Waals surface area contributed by atoms with Crippen molar-refractivity contribution in [3.05, 3.63) is 71.0 Å². The Morgan fingerprint density at radius 1 is 1.33 bits per heavy atom. The van der Waals surface area contributed by atoms with E-state index in [1.165, 1.54) is 0 Å². The maximum Gasteiger partial charge on any atom is 0.272 e. The molecule has 0 saturated heterocycles. The lowest BCUT2D eigenvalue weighted by molar-refractivity contribution is 0.0963. The van der Waals surface area contributed by atoms with Gasteiger partial charge in [-0.15, -0.1) is 0 Å². The number of H-pyrrole nitrogens is 1. The van der Waals surface area contributed by atoms with E-state index < -0.39 is 0 Å². The van der Waals surface area contributed by atoms with Crippen LogP contribution in [0.15, 0.2) is 65.3 Å². The zero-order valence-corrected chi connectivity index (χ0v) is 13.5. The molecule has 2 rings (SSSR count). The number of aromatic nitrogens is 1. The third-order valence-corrected chi connectivity index (χ3v) is 3.57. The zero-order chi connectivity index (χ0) is 15.4. The Morgan fingerprint density at radius 2 is 2.10 bits per heavy atom. The highest BCUT2D eigenvalue weighted by Crippen LogP contribution is 2.20. The first-order valence-corrected chi connectivity index (χ1v) is 7.43. The molecule has 1 aromatic heterocycles. The molecule has 2 N–H and O–H groups in total.